The summed E-state index contributed by atoms with van der Waals surface area (Å²) >= 11 is 0. The van der Waals surface area contributed by atoms with Gasteiger partial charge in [0.25, 0.3) is 0 Å². The van der Waals surface area contributed by atoms with Gasteiger partial charge in [-0.25, -0.2) is 0 Å². The maximum atomic E-state index is 7.14. The summed E-state index contributed by atoms with van der Waals surface area (Å²) in [6.07, 6.45) is 8.84. The Kier molecular flexibility index (Phi) is 5.48. The van der Waals surface area contributed by atoms with E-state index in [1.54, 1.807) is 0 Å². The molecule has 118 valence electrons. The predicted octanol–water partition coefficient (Wildman–Crippen LogP) is 4.38. The molecule has 1 aliphatic carbocycles. The number of hydrogen-bond donors (Lipinski definition) is 2. The third-order valence-electron chi connectivity index (χ3n) is 6.72. The quantitative estimate of drug-likeness (QED) is 0.709. The number of rotatable bonds is 6. The molecular formula is C18H36N2. The van der Waals surface area contributed by atoms with Crippen LogP contribution >= 0.6 is 0 Å². The van der Waals surface area contributed by atoms with Gasteiger partial charge in [-0.2, -0.15) is 0 Å². The first-order chi connectivity index (χ1) is 9.38. The van der Waals surface area contributed by atoms with Gasteiger partial charge in [0.2, 0.25) is 0 Å². The minimum absolute atomic E-state index is 0.0217. The van der Waals surface area contributed by atoms with Crippen molar-refractivity contribution >= 4 is 0 Å². The SMILES string of the molecule is CCC1=CC(CC)(CC)C(N)(CC)C(CC)(CC)C1N. The third kappa shape index (κ3) is 1.99. The second kappa shape index (κ2) is 6.19. The molecule has 0 spiro atoms. The molecule has 1 aliphatic rings. The van der Waals surface area contributed by atoms with E-state index in [-0.39, 0.29) is 22.4 Å². The largest absolute Gasteiger partial charge is 0.324 e. The fourth-order valence-electron chi connectivity index (χ4n) is 5.13. The summed E-state index contributed by atoms with van der Waals surface area (Å²) in [6.45, 7) is 13.6. The predicted molar refractivity (Wildman–Crippen MR) is 89.6 cm³/mol. The molecular weight excluding hydrogens is 244 g/mol. The Labute approximate surface area is 126 Å². The molecule has 1 rings (SSSR count). The molecule has 2 atom stereocenters. The molecule has 0 radical (unpaired) electrons. The van der Waals surface area contributed by atoms with Gasteiger partial charge in [0.1, 0.15) is 0 Å². The summed E-state index contributed by atoms with van der Waals surface area (Å²) in [5, 5.41) is 0. The van der Waals surface area contributed by atoms with Gasteiger partial charge in [-0.15, -0.1) is 0 Å². The van der Waals surface area contributed by atoms with Crippen LogP contribution in [0.5, 0.6) is 0 Å². The van der Waals surface area contributed by atoms with Gasteiger partial charge < -0.3 is 11.5 Å². The van der Waals surface area contributed by atoms with Crippen LogP contribution in [0.2, 0.25) is 0 Å². The molecule has 0 aromatic heterocycles. The van der Waals surface area contributed by atoms with Crippen molar-refractivity contribution < 1.29 is 0 Å². The van der Waals surface area contributed by atoms with E-state index in [0.717, 1.165) is 38.5 Å². The zero-order chi connectivity index (χ0) is 15.6. The van der Waals surface area contributed by atoms with E-state index in [1.165, 1.54) is 5.57 Å². The normalized spacial score (nSPS) is 32.0. The first-order valence-corrected chi connectivity index (χ1v) is 8.64. The highest BCUT2D eigenvalue weighted by atomic mass is 14.9. The highest BCUT2D eigenvalue weighted by molar-refractivity contribution is 5.33. The van der Waals surface area contributed by atoms with Gasteiger partial charge in [-0.3, -0.25) is 0 Å². The Morgan fingerprint density at radius 3 is 1.70 bits per heavy atom. The molecule has 0 aromatic rings. The van der Waals surface area contributed by atoms with Crippen molar-refractivity contribution in [3.63, 3.8) is 0 Å². The van der Waals surface area contributed by atoms with Crippen LogP contribution in [0, 0.1) is 10.8 Å². The summed E-state index contributed by atoms with van der Waals surface area (Å²) in [5.74, 6) is 0. The first-order valence-electron chi connectivity index (χ1n) is 8.64. The zero-order valence-electron chi connectivity index (χ0n) is 14.6. The van der Waals surface area contributed by atoms with Crippen LogP contribution in [0.4, 0.5) is 0 Å². The molecule has 0 bridgehead atoms. The van der Waals surface area contributed by atoms with Crippen LogP contribution in [-0.4, -0.2) is 11.6 Å². The van der Waals surface area contributed by atoms with Crippen molar-refractivity contribution in [1.29, 1.82) is 0 Å². The average Bonchev–Trinajstić information content (AvgIpc) is 2.49. The van der Waals surface area contributed by atoms with Crippen LogP contribution < -0.4 is 11.5 Å². The van der Waals surface area contributed by atoms with E-state index < -0.39 is 0 Å². The van der Waals surface area contributed by atoms with Crippen molar-refractivity contribution in [2.24, 2.45) is 22.3 Å². The molecule has 20 heavy (non-hydrogen) atoms. The fraction of sp³-hybridized carbons (Fsp3) is 0.889. The zero-order valence-corrected chi connectivity index (χ0v) is 14.6. The summed E-state index contributed by atoms with van der Waals surface area (Å²) in [4.78, 5) is 0. The minimum Gasteiger partial charge on any atom is -0.324 e. The Morgan fingerprint density at radius 1 is 0.900 bits per heavy atom. The Balaban J connectivity index is 3.65. The van der Waals surface area contributed by atoms with Crippen LogP contribution in [0.1, 0.15) is 80.1 Å². The lowest BCUT2D eigenvalue weighted by molar-refractivity contribution is -0.0261. The molecule has 2 nitrogen and oxygen atoms in total. The molecule has 0 fully saturated rings. The fourth-order valence-corrected chi connectivity index (χ4v) is 5.13. The molecule has 4 N–H and O–H groups in total. The van der Waals surface area contributed by atoms with Crippen molar-refractivity contribution in [2.75, 3.05) is 0 Å². The molecule has 0 amide bonds. The van der Waals surface area contributed by atoms with E-state index in [1.807, 2.05) is 0 Å². The lowest BCUT2D eigenvalue weighted by Gasteiger charge is -2.63. The molecule has 0 heterocycles. The summed E-state index contributed by atoms with van der Waals surface area (Å²) in [5.41, 5.74) is 15.2. The molecule has 2 heteroatoms. The topological polar surface area (TPSA) is 52.0 Å². The standard InChI is InChI=1S/C18H36N2/c1-7-14-13-16(8-2,9-3)18(20,12-6)17(10-4,11-5)15(14)19/h13,15H,7-12,19-20H2,1-6H3. The van der Waals surface area contributed by atoms with Crippen LogP contribution in [0.3, 0.4) is 0 Å². The minimum atomic E-state index is -0.203. The molecule has 0 saturated heterocycles. The maximum absolute atomic E-state index is 7.14. The molecule has 0 aromatic carbocycles. The van der Waals surface area contributed by atoms with Gasteiger partial charge >= 0.3 is 0 Å². The van der Waals surface area contributed by atoms with Gasteiger partial charge in [-0.1, -0.05) is 53.2 Å². The van der Waals surface area contributed by atoms with Crippen LogP contribution in [0.15, 0.2) is 11.6 Å². The monoisotopic (exact) mass is 280 g/mol. The summed E-state index contributed by atoms with van der Waals surface area (Å²) in [6, 6.07) is 0.110. The Bertz CT molecular complexity index is 350. The van der Waals surface area contributed by atoms with Gasteiger partial charge in [0.05, 0.1) is 0 Å². The molecule has 0 aliphatic heterocycles. The maximum Gasteiger partial charge on any atom is 0.0328 e. The Hall–Kier alpha value is -0.340. The number of nitrogens with two attached hydrogens (primary N) is 2. The van der Waals surface area contributed by atoms with Crippen molar-refractivity contribution in [3.8, 4) is 0 Å². The first kappa shape index (κ1) is 17.7. The van der Waals surface area contributed by atoms with E-state index >= 15 is 0 Å². The van der Waals surface area contributed by atoms with Gasteiger partial charge in [-0.05, 0) is 38.5 Å². The van der Waals surface area contributed by atoms with Crippen LogP contribution in [0.25, 0.3) is 0 Å². The number of hydrogen-bond acceptors (Lipinski definition) is 2. The van der Waals surface area contributed by atoms with Crippen LogP contribution in [-0.2, 0) is 0 Å². The average molecular weight is 280 g/mol. The van der Waals surface area contributed by atoms with Gasteiger partial charge in [0, 0.05) is 22.4 Å². The van der Waals surface area contributed by atoms with Crippen molar-refractivity contribution in [1.82, 2.24) is 0 Å². The van der Waals surface area contributed by atoms with Crippen molar-refractivity contribution in [3.05, 3.63) is 11.6 Å². The van der Waals surface area contributed by atoms with E-state index in [4.69, 9.17) is 11.5 Å². The lowest BCUT2D eigenvalue weighted by atomic mass is 9.45. The second-order valence-corrected chi connectivity index (χ2v) is 6.60. The summed E-state index contributed by atoms with van der Waals surface area (Å²) < 4.78 is 0. The third-order valence-corrected chi connectivity index (χ3v) is 6.72. The van der Waals surface area contributed by atoms with E-state index in [0.29, 0.717) is 0 Å². The highest BCUT2D eigenvalue weighted by Gasteiger charge is 2.61. The van der Waals surface area contributed by atoms with Gasteiger partial charge in [0.15, 0.2) is 0 Å². The van der Waals surface area contributed by atoms with E-state index in [2.05, 4.69) is 47.6 Å². The molecule has 0 saturated carbocycles. The highest BCUT2D eigenvalue weighted by Crippen LogP contribution is 2.59. The smallest absolute Gasteiger partial charge is 0.0328 e. The molecule has 2 unspecified atom stereocenters. The van der Waals surface area contributed by atoms with Crippen molar-refractivity contribution in [2.45, 2.75) is 91.6 Å². The second-order valence-electron chi connectivity index (χ2n) is 6.60. The van der Waals surface area contributed by atoms with E-state index in [9.17, 15) is 0 Å². The summed E-state index contributed by atoms with van der Waals surface area (Å²) in [7, 11) is 0. The lowest BCUT2D eigenvalue weighted by Crippen LogP contribution is -2.72. The Morgan fingerprint density at radius 2 is 1.40 bits per heavy atom.